The van der Waals surface area contributed by atoms with Crippen LogP contribution >= 0.6 is 27.7 Å². The van der Waals surface area contributed by atoms with Crippen LogP contribution < -0.4 is 0 Å². The minimum atomic E-state index is -0.860. The van der Waals surface area contributed by atoms with Crippen LogP contribution in [0.4, 0.5) is 0 Å². The van der Waals surface area contributed by atoms with E-state index in [0.29, 0.717) is 15.9 Å². The molecule has 0 aromatic carbocycles. The second-order valence-corrected chi connectivity index (χ2v) is 5.86. The summed E-state index contributed by atoms with van der Waals surface area (Å²) < 4.78 is 7.83. The number of halogens is 1. The van der Waals surface area contributed by atoms with Gasteiger partial charge in [-0.05, 0) is 34.8 Å². The molecule has 0 atom stereocenters. The molecule has 1 aliphatic rings. The topological polar surface area (TPSA) is 81.2 Å². The highest BCUT2D eigenvalue weighted by molar-refractivity contribution is 9.10. The van der Waals surface area contributed by atoms with Crippen molar-refractivity contribution in [3.8, 4) is 11.4 Å². The molecular weight excluding hydrogens is 334 g/mol. The lowest BCUT2D eigenvalue weighted by Gasteiger charge is -2.06. The SMILES string of the molecule is O=C(O)CSc1nnc(-c2ccoc2Br)n1C1CC1. The van der Waals surface area contributed by atoms with Crippen molar-refractivity contribution in [3.05, 3.63) is 17.0 Å². The number of furan rings is 1. The number of carboxylic acids is 1. The molecule has 0 amide bonds. The van der Waals surface area contributed by atoms with E-state index in [9.17, 15) is 4.79 Å². The van der Waals surface area contributed by atoms with Crippen LogP contribution in [-0.2, 0) is 4.79 Å². The lowest BCUT2D eigenvalue weighted by atomic mass is 10.3. The first kappa shape index (κ1) is 12.7. The van der Waals surface area contributed by atoms with Crippen LogP contribution in [0.1, 0.15) is 18.9 Å². The third-order valence-corrected chi connectivity index (χ3v) is 4.30. The maximum Gasteiger partial charge on any atom is 0.313 e. The summed E-state index contributed by atoms with van der Waals surface area (Å²) in [5.41, 5.74) is 0.835. The number of hydrogen-bond acceptors (Lipinski definition) is 5. The Hall–Kier alpha value is -1.28. The highest BCUT2D eigenvalue weighted by Crippen LogP contribution is 2.42. The summed E-state index contributed by atoms with van der Waals surface area (Å²) in [5, 5.41) is 17.7. The predicted octanol–water partition coefficient (Wildman–Crippen LogP) is 2.81. The Morgan fingerprint density at radius 3 is 2.95 bits per heavy atom. The van der Waals surface area contributed by atoms with Crippen molar-refractivity contribution in [1.82, 2.24) is 14.8 Å². The molecule has 0 aliphatic heterocycles. The van der Waals surface area contributed by atoms with Gasteiger partial charge in [0.1, 0.15) is 0 Å². The maximum absolute atomic E-state index is 10.7. The molecule has 3 rings (SSSR count). The van der Waals surface area contributed by atoms with E-state index in [4.69, 9.17) is 9.52 Å². The maximum atomic E-state index is 10.7. The summed E-state index contributed by atoms with van der Waals surface area (Å²) in [6, 6.07) is 2.18. The number of aliphatic carboxylic acids is 1. The quantitative estimate of drug-likeness (QED) is 0.840. The summed E-state index contributed by atoms with van der Waals surface area (Å²) in [5.74, 6) is -0.158. The number of carbonyl (C=O) groups is 1. The molecule has 19 heavy (non-hydrogen) atoms. The van der Waals surface area contributed by atoms with Crippen molar-refractivity contribution in [3.63, 3.8) is 0 Å². The Balaban J connectivity index is 1.97. The predicted molar refractivity (Wildman–Crippen MR) is 72.1 cm³/mol. The first-order valence-corrected chi connectivity index (χ1v) is 7.47. The van der Waals surface area contributed by atoms with E-state index in [0.717, 1.165) is 24.2 Å². The fourth-order valence-electron chi connectivity index (χ4n) is 1.80. The Labute approximate surface area is 121 Å². The Bertz CT molecular complexity index is 620. The zero-order chi connectivity index (χ0) is 13.4. The molecule has 1 N–H and O–H groups in total. The normalized spacial score (nSPS) is 14.8. The first-order chi connectivity index (χ1) is 9.16. The summed E-state index contributed by atoms with van der Waals surface area (Å²) in [6.45, 7) is 0. The van der Waals surface area contributed by atoms with Crippen molar-refractivity contribution in [2.24, 2.45) is 0 Å². The number of hydrogen-bond donors (Lipinski definition) is 1. The monoisotopic (exact) mass is 343 g/mol. The molecule has 6 nitrogen and oxygen atoms in total. The molecule has 2 aromatic rings. The minimum Gasteiger partial charge on any atom is -0.481 e. The van der Waals surface area contributed by atoms with Gasteiger partial charge in [-0.2, -0.15) is 0 Å². The lowest BCUT2D eigenvalue weighted by Crippen LogP contribution is -2.03. The van der Waals surface area contributed by atoms with Crippen LogP contribution in [0.25, 0.3) is 11.4 Å². The molecule has 1 saturated carbocycles. The second-order valence-electron chi connectivity index (χ2n) is 4.20. The number of carboxylic acid groups (broad SMARTS) is 1. The Morgan fingerprint density at radius 1 is 1.58 bits per heavy atom. The zero-order valence-electron chi connectivity index (χ0n) is 9.74. The van der Waals surface area contributed by atoms with Crippen molar-refractivity contribution in [2.45, 2.75) is 24.0 Å². The van der Waals surface area contributed by atoms with E-state index in [-0.39, 0.29) is 5.75 Å². The van der Waals surface area contributed by atoms with Gasteiger partial charge in [0.2, 0.25) is 0 Å². The van der Waals surface area contributed by atoms with E-state index < -0.39 is 5.97 Å². The number of nitrogens with zero attached hydrogens (tertiary/aromatic N) is 3. The molecule has 0 spiro atoms. The van der Waals surface area contributed by atoms with Gasteiger partial charge in [-0.3, -0.25) is 9.36 Å². The van der Waals surface area contributed by atoms with Crippen molar-refractivity contribution < 1.29 is 14.3 Å². The van der Waals surface area contributed by atoms with Crippen LogP contribution in [0.3, 0.4) is 0 Å². The highest BCUT2D eigenvalue weighted by atomic mass is 79.9. The van der Waals surface area contributed by atoms with Gasteiger partial charge >= 0.3 is 5.97 Å². The molecule has 0 radical (unpaired) electrons. The number of aromatic nitrogens is 3. The van der Waals surface area contributed by atoms with Crippen LogP contribution in [0, 0.1) is 0 Å². The third kappa shape index (κ3) is 2.55. The highest BCUT2D eigenvalue weighted by Gasteiger charge is 2.31. The molecule has 0 bridgehead atoms. The smallest absolute Gasteiger partial charge is 0.313 e. The van der Waals surface area contributed by atoms with Gasteiger partial charge in [0.15, 0.2) is 15.7 Å². The molecule has 8 heteroatoms. The molecule has 1 aliphatic carbocycles. The van der Waals surface area contributed by atoms with Crippen LogP contribution in [0.15, 0.2) is 26.6 Å². The average molecular weight is 344 g/mol. The molecule has 0 saturated heterocycles. The van der Waals surface area contributed by atoms with Gasteiger partial charge in [0.05, 0.1) is 17.6 Å². The van der Waals surface area contributed by atoms with Gasteiger partial charge in [0.25, 0.3) is 0 Å². The summed E-state index contributed by atoms with van der Waals surface area (Å²) in [6.07, 6.45) is 3.72. The third-order valence-electron chi connectivity index (χ3n) is 2.76. The summed E-state index contributed by atoms with van der Waals surface area (Å²) in [7, 11) is 0. The van der Waals surface area contributed by atoms with Crippen LogP contribution in [0.5, 0.6) is 0 Å². The fourth-order valence-corrected chi connectivity index (χ4v) is 2.94. The second kappa shape index (κ2) is 5.01. The van der Waals surface area contributed by atoms with E-state index in [1.807, 2.05) is 10.6 Å². The van der Waals surface area contributed by atoms with E-state index >= 15 is 0 Å². The minimum absolute atomic E-state index is 0.0165. The molecule has 2 aromatic heterocycles. The summed E-state index contributed by atoms with van der Waals surface area (Å²) >= 11 is 4.52. The summed E-state index contributed by atoms with van der Waals surface area (Å²) in [4.78, 5) is 10.7. The lowest BCUT2D eigenvalue weighted by molar-refractivity contribution is -0.133. The van der Waals surface area contributed by atoms with Crippen molar-refractivity contribution in [2.75, 3.05) is 5.75 Å². The van der Waals surface area contributed by atoms with Crippen LogP contribution in [-0.4, -0.2) is 31.6 Å². The van der Waals surface area contributed by atoms with Crippen molar-refractivity contribution in [1.29, 1.82) is 0 Å². The fraction of sp³-hybridized carbons (Fsp3) is 0.364. The van der Waals surface area contributed by atoms with Gasteiger partial charge in [0, 0.05) is 6.04 Å². The van der Waals surface area contributed by atoms with Crippen LogP contribution in [0.2, 0.25) is 0 Å². The molecular formula is C11H10BrN3O3S. The number of thioether (sulfide) groups is 1. The van der Waals surface area contributed by atoms with E-state index in [1.54, 1.807) is 6.26 Å². The Morgan fingerprint density at radius 2 is 2.37 bits per heavy atom. The first-order valence-electron chi connectivity index (χ1n) is 5.69. The number of rotatable bonds is 5. The van der Waals surface area contributed by atoms with Gasteiger partial charge in [-0.1, -0.05) is 11.8 Å². The molecule has 100 valence electrons. The Kier molecular flexibility index (Phi) is 3.36. The average Bonchev–Trinajstić information content (AvgIpc) is 2.98. The van der Waals surface area contributed by atoms with Gasteiger partial charge in [-0.25, -0.2) is 0 Å². The molecule has 0 unspecified atom stereocenters. The molecule has 2 heterocycles. The van der Waals surface area contributed by atoms with Gasteiger partial charge in [-0.15, -0.1) is 10.2 Å². The van der Waals surface area contributed by atoms with E-state index in [2.05, 4.69) is 26.1 Å². The standard InChI is InChI=1S/C11H10BrN3O3S/c12-9-7(3-4-18-9)10-13-14-11(19-5-8(16)17)15(10)6-1-2-6/h3-4,6H,1-2,5H2,(H,16,17). The van der Waals surface area contributed by atoms with Crippen molar-refractivity contribution >= 4 is 33.7 Å². The largest absolute Gasteiger partial charge is 0.481 e. The molecule has 1 fully saturated rings. The van der Waals surface area contributed by atoms with E-state index in [1.165, 1.54) is 11.8 Å². The van der Waals surface area contributed by atoms with Gasteiger partial charge < -0.3 is 9.52 Å². The zero-order valence-corrected chi connectivity index (χ0v) is 12.1.